The summed E-state index contributed by atoms with van der Waals surface area (Å²) < 4.78 is 17.5. The summed E-state index contributed by atoms with van der Waals surface area (Å²) in [7, 11) is 3.04. The Hall–Kier alpha value is -3.92. The normalized spacial score (nSPS) is 10.5. The third kappa shape index (κ3) is 9.89. The topological polar surface area (TPSA) is 115 Å². The molecule has 10 heteroatoms. The van der Waals surface area contributed by atoms with E-state index in [4.69, 9.17) is 31.0 Å². The van der Waals surface area contributed by atoms with Gasteiger partial charge in [-0.05, 0) is 49.6 Å². The molecule has 3 N–H and O–H groups in total. The smallest absolute Gasteiger partial charge is 0.162 e. The Bertz CT molecular complexity index is 1400. The van der Waals surface area contributed by atoms with Gasteiger partial charge in [-0.1, -0.05) is 54.3 Å². The van der Waals surface area contributed by atoms with Crippen molar-refractivity contribution in [2.45, 2.75) is 45.6 Å². The van der Waals surface area contributed by atoms with E-state index in [0.29, 0.717) is 47.7 Å². The predicted octanol–water partition coefficient (Wildman–Crippen LogP) is 7.05. The zero-order valence-corrected chi connectivity index (χ0v) is 24.4. The maximum atomic E-state index is 10.4. The quantitative estimate of drug-likeness (QED) is 0.0819. The summed E-state index contributed by atoms with van der Waals surface area (Å²) in [5.41, 5.74) is 5.52. The van der Waals surface area contributed by atoms with Crippen molar-refractivity contribution in [1.82, 2.24) is 15.4 Å². The molecule has 0 aliphatic carbocycles. The number of hydroxylamine groups is 1. The zero-order valence-electron chi connectivity index (χ0n) is 23.7. The lowest BCUT2D eigenvalue weighted by Gasteiger charge is -2.14. The molecule has 0 amide bonds. The van der Waals surface area contributed by atoms with Crippen molar-refractivity contribution < 1.29 is 24.2 Å². The minimum atomic E-state index is 0.439. The number of methoxy groups -OCH3 is 1. The Morgan fingerprint density at radius 1 is 0.951 bits per heavy atom. The van der Waals surface area contributed by atoms with E-state index in [2.05, 4.69) is 34.3 Å². The lowest BCUT2D eigenvalue weighted by atomic mass is 10.1. The van der Waals surface area contributed by atoms with Crippen molar-refractivity contribution in [3.05, 3.63) is 77.1 Å². The lowest BCUT2D eigenvalue weighted by Crippen LogP contribution is -2.02. The van der Waals surface area contributed by atoms with Crippen LogP contribution in [0.4, 0.5) is 11.5 Å². The SMILES string of the molecule is CNO.COc1cc2ncnc(Nc3ccc(OCc4cccc(C)c4)c(Cl)c3)c2cc1OCCCCCCC=O. The van der Waals surface area contributed by atoms with Gasteiger partial charge in [-0.15, -0.1) is 0 Å². The molecule has 3 aromatic carbocycles. The molecule has 0 atom stereocenters. The van der Waals surface area contributed by atoms with Gasteiger partial charge in [0.15, 0.2) is 11.5 Å². The first-order valence-corrected chi connectivity index (χ1v) is 13.8. The summed E-state index contributed by atoms with van der Waals surface area (Å²) in [4.78, 5) is 19.3. The van der Waals surface area contributed by atoms with Crippen molar-refractivity contribution in [3.63, 3.8) is 0 Å². The average Bonchev–Trinajstić information content (AvgIpc) is 2.96. The van der Waals surface area contributed by atoms with Gasteiger partial charge < -0.3 is 29.5 Å². The summed E-state index contributed by atoms with van der Waals surface area (Å²) in [6.45, 7) is 3.05. The van der Waals surface area contributed by atoms with Gasteiger partial charge in [0.05, 0.1) is 24.3 Å². The largest absolute Gasteiger partial charge is 0.493 e. The Labute approximate surface area is 245 Å². The van der Waals surface area contributed by atoms with E-state index in [9.17, 15) is 4.79 Å². The molecule has 0 aliphatic rings. The Kier molecular flexibility index (Phi) is 13.1. The fraction of sp³-hybridized carbons (Fsp3) is 0.323. The molecule has 0 spiro atoms. The van der Waals surface area contributed by atoms with Crippen molar-refractivity contribution >= 4 is 40.3 Å². The Morgan fingerprint density at radius 3 is 2.49 bits per heavy atom. The van der Waals surface area contributed by atoms with Crippen molar-refractivity contribution in [2.24, 2.45) is 0 Å². The monoisotopic (exact) mass is 580 g/mol. The first kappa shape index (κ1) is 31.6. The molecule has 0 unspecified atom stereocenters. The fourth-order valence-electron chi connectivity index (χ4n) is 4.10. The molecule has 4 aromatic rings. The molecule has 0 radical (unpaired) electrons. The highest BCUT2D eigenvalue weighted by molar-refractivity contribution is 6.32. The number of carbonyl (C=O) groups is 1. The fourth-order valence-corrected chi connectivity index (χ4v) is 4.33. The number of halogens is 1. The summed E-state index contributed by atoms with van der Waals surface area (Å²) in [6, 6.07) is 17.5. The van der Waals surface area contributed by atoms with Crippen LogP contribution in [0.2, 0.25) is 5.02 Å². The molecule has 4 rings (SSSR count). The second kappa shape index (κ2) is 17.0. The van der Waals surface area contributed by atoms with Crippen molar-refractivity contribution in [1.29, 1.82) is 0 Å². The van der Waals surface area contributed by atoms with Gasteiger partial charge >= 0.3 is 0 Å². The van der Waals surface area contributed by atoms with Crippen LogP contribution in [0.5, 0.6) is 17.2 Å². The number of rotatable bonds is 14. The molecule has 1 aromatic heterocycles. The van der Waals surface area contributed by atoms with Gasteiger partial charge in [0, 0.05) is 30.6 Å². The highest BCUT2D eigenvalue weighted by atomic mass is 35.5. The number of carbonyl (C=O) groups excluding carboxylic acids is 1. The van der Waals surface area contributed by atoms with Gasteiger partial charge in [0.25, 0.3) is 0 Å². The summed E-state index contributed by atoms with van der Waals surface area (Å²) >= 11 is 6.54. The molecular weight excluding hydrogens is 544 g/mol. The van der Waals surface area contributed by atoms with Gasteiger partial charge in [-0.25, -0.2) is 15.4 Å². The van der Waals surface area contributed by atoms with Crippen LogP contribution in [-0.4, -0.2) is 42.2 Å². The second-order valence-electron chi connectivity index (χ2n) is 9.23. The van der Waals surface area contributed by atoms with Crippen LogP contribution in [0.25, 0.3) is 10.9 Å². The molecule has 0 saturated carbocycles. The highest BCUT2D eigenvalue weighted by Crippen LogP contribution is 2.36. The van der Waals surface area contributed by atoms with Crippen LogP contribution >= 0.6 is 11.6 Å². The maximum absolute atomic E-state index is 10.4. The standard InChI is InChI=1S/C30H32ClN3O4.CH5NO/c1-21-9-8-10-22(15-21)19-38-27-12-11-23(16-25(27)31)34-30-24-17-29(37-14-7-5-3-4-6-13-35)28(36-2)18-26(24)32-20-33-30;1-2-3/h8-13,15-18,20H,3-7,14,19H2,1-2H3,(H,32,33,34);2-3H,1H3. The average molecular weight is 581 g/mol. The number of nitrogens with zero attached hydrogens (tertiary/aromatic N) is 2. The molecule has 41 heavy (non-hydrogen) atoms. The molecule has 9 nitrogen and oxygen atoms in total. The van der Waals surface area contributed by atoms with E-state index >= 15 is 0 Å². The maximum Gasteiger partial charge on any atom is 0.162 e. The lowest BCUT2D eigenvalue weighted by molar-refractivity contribution is -0.107. The third-order valence-electron chi connectivity index (χ3n) is 6.07. The van der Waals surface area contributed by atoms with Crippen LogP contribution in [0.3, 0.4) is 0 Å². The molecule has 0 saturated heterocycles. The van der Waals surface area contributed by atoms with E-state index in [1.807, 2.05) is 42.5 Å². The van der Waals surface area contributed by atoms with Crippen LogP contribution in [-0.2, 0) is 11.4 Å². The summed E-state index contributed by atoms with van der Waals surface area (Å²) in [5.74, 6) is 2.48. The Morgan fingerprint density at radius 2 is 1.76 bits per heavy atom. The summed E-state index contributed by atoms with van der Waals surface area (Å²) in [6.07, 6.45) is 6.91. The van der Waals surface area contributed by atoms with Crippen LogP contribution in [0.1, 0.15) is 43.2 Å². The molecule has 0 aliphatic heterocycles. The number of hydrogen-bond acceptors (Lipinski definition) is 9. The molecule has 0 fully saturated rings. The molecule has 0 bridgehead atoms. The minimum Gasteiger partial charge on any atom is -0.493 e. The number of fused-ring (bicyclic) bond motifs is 1. The molecule has 1 heterocycles. The zero-order chi connectivity index (χ0) is 29.5. The first-order chi connectivity index (χ1) is 20.0. The van der Waals surface area contributed by atoms with Crippen molar-refractivity contribution in [2.75, 3.05) is 26.1 Å². The van der Waals surface area contributed by atoms with E-state index in [1.54, 1.807) is 12.6 Å². The van der Waals surface area contributed by atoms with Gasteiger partial charge in [-0.2, -0.15) is 0 Å². The number of aryl methyl sites for hydroxylation is 1. The number of benzene rings is 3. The molecular formula is C31H37ClN4O5. The number of hydrogen-bond donors (Lipinski definition) is 3. The van der Waals surface area contributed by atoms with E-state index < -0.39 is 0 Å². The van der Waals surface area contributed by atoms with E-state index in [0.717, 1.165) is 54.1 Å². The van der Waals surface area contributed by atoms with Gasteiger partial charge in [-0.3, -0.25) is 0 Å². The molecule has 218 valence electrons. The van der Waals surface area contributed by atoms with Gasteiger partial charge in [0.1, 0.15) is 30.8 Å². The number of aromatic nitrogens is 2. The van der Waals surface area contributed by atoms with Crippen molar-refractivity contribution in [3.8, 4) is 17.2 Å². The van der Waals surface area contributed by atoms with Crippen LogP contribution < -0.4 is 25.0 Å². The number of anilines is 2. The van der Waals surface area contributed by atoms with E-state index in [1.165, 1.54) is 18.9 Å². The van der Waals surface area contributed by atoms with Crippen LogP contribution in [0, 0.1) is 6.92 Å². The number of ether oxygens (including phenoxy) is 3. The minimum absolute atomic E-state index is 0.439. The number of aldehydes is 1. The van der Waals surface area contributed by atoms with Gasteiger partial charge in [0.2, 0.25) is 0 Å². The predicted molar refractivity (Wildman–Crippen MR) is 162 cm³/mol. The van der Waals surface area contributed by atoms with E-state index in [-0.39, 0.29) is 0 Å². The Balaban J connectivity index is 0.00000147. The second-order valence-corrected chi connectivity index (χ2v) is 9.64. The number of unbranched alkanes of at least 4 members (excludes halogenated alkanes) is 4. The van der Waals surface area contributed by atoms with Crippen LogP contribution in [0.15, 0.2) is 60.9 Å². The first-order valence-electron chi connectivity index (χ1n) is 13.4. The number of nitrogens with one attached hydrogen (secondary N) is 2. The summed E-state index contributed by atoms with van der Waals surface area (Å²) in [5, 5.41) is 12.0. The highest BCUT2D eigenvalue weighted by Gasteiger charge is 2.13. The third-order valence-corrected chi connectivity index (χ3v) is 6.36.